The molecule has 21 heavy (non-hydrogen) atoms. The molecule has 1 heterocycles. The van der Waals surface area contributed by atoms with Crippen molar-refractivity contribution in [3.8, 4) is 16.9 Å². The van der Waals surface area contributed by atoms with Crippen LogP contribution in [-0.4, -0.2) is 18.3 Å². The molecule has 0 spiro atoms. The maximum atomic E-state index is 12.5. The summed E-state index contributed by atoms with van der Waals surface area (Å²) in [5.41, 5.74) is 1.76. The third-order valence-corrected chi connectivity index (χ3v) is 3.19. The Hall–Kier alpha value is -2.59. The quantitative estimate of drug-likeness (QED) is 0.799. The summed E-state index contributed by atoms with van der Waals surface area (Å²) in [6, 6.07) is 14.4. The van der Waals surface area contributed by atoms with Crippen LogP contribution >= 0.6 is 0 Å². The Morgan fingerprint density at radius 3 is 2.67 bits per heavy atom. The van der Waals surface area contributed by atoms with Crippen molar-refractivity contribution >= 4 is 11.0 Å². The van der Waals surface area contributed by atoms with Gasteiger partial charge in [0.25, 0.3) is 0 Å². The molecule has 3 aromatic rings. The van der Waals surface area contributed by atoms with Gasteiger partial charge in [0, 0.05) is 6.07 Å². The maximum Gasteiger partial charge on any atom is 0.200 e. The van der Waals surface area contributed by atoms with E-state index in [-0.39, 0.29) is 18.6 Å². The van der Waals surface area contributed by atoms with Crippen LogP contribution in [0.15, 0.2) is 64.0 Å². The first kappa shape index (κ1) is 13.4. The van der Waals surface area contributed by atoms with Gasteiger partial charge in [-0.1, -0.05) is 30.3 Å². The molecule has 0 saturated carbocycles. The van der Waals surface area contributed by atoms with Crippen LogP contribution in [0, 0.1) is 0 Å². The third kappa shape index (κ3) is 2.66. The van der Waals surface area contributed by atoms with Crippen LogP contribution < -0.4 is 10.2 Å². The molecule has 0 bridgehead atoms. The van der Waals surface area contributed by atoms with Gasteiger partial charge in [-0.25, -0.2) is 0 Å². The van der Waals surface area contributed by atoms with Gasteiger partial charge in [-0.3, -0.25) is 4.79 Å². The van der Waals surface area contributed by atoms with Crippen LogP contribution in [0.3, 0.4) is 0 Å². The molecule has 0 aliphatic heterocycles. The minimum absolute atomic E-state index is 0.0606. The molecular weight excluding hydrogens is 268 g/mol. The van der Waals surface area contributed by atoms with Crippen molar-refractivity contribution < 1.29 is 14.3 Å². The number of aliphatic hydroxyl groups is 1. The van der Waals surface area contributed by atoms with E-state index in [0.717, 1.165) is 5.56 Å². The first-order valence-electron chi connectivity index (χ1n) is 6.64. The summed E-state index contributed by atoms with van der Waals surface area (Å²) in [5, 5.41) is 9.26. The Kier molecular flexibility index (Phi) is 3.71. The topological polar surface area (TPSA) is 59.7 Å². The number of ether oxygens (including phenoxy) is 1. The highest BCUT2D eigenvalue weighted by molar-refractivity contribution is 5.82. The van der Waals surface area contributed by atoms with Gasteiger partial charge in [0.2, 0.25) is 0 Å². The highest BCUT2D eigenvalue weighted by atomic mass is 16.5. The Bertz CT molecular complexity index is 806. The van der Waals surface area contributed by atoms with Crippen LogP contribution in [0.2, 0.25) is 0 Å². The number of rotatable bonds is 4. The molecule has 0 saturated heterocycles. The molecule has 0 atom stereocenters. The molecule has 2 aromatic carbocycles. The van der Waals surface area contributed by atoms with Crippen molar-refractivity contribution in [1.29, 1.82) is 0 Å². The zero-order valence-corrected chi connectivity index (χ0v) is 11.3. The zero-order valence-electron chi connectivity index (χ0n) is 11.3. The maximum absolute atomic E-state index is 12.5. The third-order valence-electron chi connectivity index (χ3n) is 3.19. The number of aliphatic hydroxyl groups excluding tert-OH is 1. The highest BCUT2D eigenvalue weighted by Crippen LogP contribution is 2.22. The van der Waals surface area contributed by atoms with Crippen LogP contribution in [0.5, 0.6) is 5.75 Å². The van der Waals surface area contributed by atoms with Gasteiger partial charge >= 0.3 is 0 Å². The molecule has 4 nitrogen and oxygen atoms in total. The summed E-state index contributed by atoms with van der Waals surface area (Å²) < 4.78 is 10.9. The van der Waals surface area contributed by atoms with E-state index in [9.17, 15) is 4.79 Å². The molecule has 0 aliphatic rings. The molecule has 0 aliphatic carbocycles. The largest absolute Gasteiger partial charge is 0.491 e. The van der Waals surface area contributed by atoms with Gasteiger partial charge in [-0.15, -0.1) is 0 Å². The second kappa shape index (κ2) is 5.81. The standard InChI is InChI=1S/C17H14O4/c18-8-9-20-13-6-7-14-16(10-13)21-11-15(17(14)19)12-4-2-1-3-5-12/h1-7,10-11,18H,8-9H2. The van der Waals surface area contributed by atoms with Crippen LogP contribution in [0.25, 0.3) is 22.1 Å². The summed E-state index contributed by atoms with van der Waals surface area (Å²) in [4.78, 5) is 12.5. The normalized spacial score (nSPS) is 10.7. The fraction of sp³-hybridized carbons (Fsp3) is 0.118. The van der Waals surface area contributed by atoms with Gasteiger partial charge in [-0.05, 0) is 17.7 Å². The van der Waals surface area contributed by atoms with E-state index < -0.39 is 0 Å². The Labute approximate surface area is 121 Å². The molecule has 0 radical (unpaired) electrons. The van der Waals surface area contributed by atoms with Crippen molar-refractivity contribution in [2.24, 2.45) is 0 Å². The van der Waals surface area contributed by atoms with E-state index in [0.29, 0.717) is 22.3 Å². The van der Waals surface area contributed by atoms with E-state index in [1.165, 1.54) is 6.26 Å². The Morgan fingerprint density at radius 1 is 1.10 bits per heavy atom. The lowest BCUT2D eigenvalue weighted by atomic mass is 10.1. The molecular formula is C17H14O4. The second-order valence-corrected chi connectivity index (χ2v) is 4.57. The van der Waals surface area contributed by atoms with E-state index in [4.69, 9.17) is 14.3 Å². The summed E-state index contributed by atoms with van der Waals surface area (Å²) in [5.74, 6) is 0.562. The fourth-order valence-corrected chi connectivity index (χ4v) is 2.18. The number of benzene rings is 2. The van der Waals surface area contributed by atoms with Crippen LogP contribution in [0.4, 0.5) is 0 Å². The molecule has 1 aromatic heterocycles. The van der Waals surface area contributed by atoms with Gasteiger partial charge in [0.15, 0.2) is 5.43 Å². The SMILES string of the molecule is O=c1c(-c2ccccc2)coc2cc(OCCO)ccc12. The smallest absolute Gasteiger partial charge is 0.200 e. The zero-order chi connectivity index (χ0) is 14.7. The van der Waals surface area contributed by atoms with Crippen LogP contribution in [-0.2, 0) is 0 Å². The van der Waals surface area contributed by atoms with E-state index in [2.05, 4.69) is 0 Å². The van der Waals surface area contributed by atoms with Gasteiger partial charge in [0.05, 0.1) is 17.6 Å². The molecule has 106 valence electrons. The molecule has 3 rings (SSSR count). The summed E-state index contributed by atoms with van der Waals surface area (Å²) in [7, 11) is 0. The molecule has 0 unspecified atom stereocenters. The van der Waals surface area contributed by atoms with Crippen molar-refractivity contribution in [3.05, 3.63) is 65.0 Å². The average Bonchev–Trinajstić information content (AvgIpc) is 2.54. The van der Waals surface area contributed by atoms with E-state index in [1.54, 1.807) is 18.2 Å². The molecule has 0 fully saturated rings. The van der Waals surface area contributed by atoms with Crippen molar-refractivity contribution in [1.82, 2.24) is 0 Å². The summed E-state index contributed by atoms with van der Waals surface area (Å²) in [6.07, 6.45) is 1.47. The minimum Gasteiger partial charge on any atom is -0.491 e. The monoisotopic (exact) mass is 282 g/mol. The summed E-state index contributed by atoms with van der Waals surface area (Å²) in [6.45, 7) is 0.146. The van der Waals surface area contributed by atoms with Crippen molar-refractivity contribution in [2.75, 3.05) is 13.2 Å². The van der Waals surface area contributed by atoms with E-state index >= 15 is 0 Å². The molecule has 1 N–H and O–H groups in total. The average molecular weight is 282 g/mol. The number of hydrogen-bond donors (Lipinski definition) is 1. The first-order valence-corrected chi connectivity index (χ1v) is 6.64. The van der Waals surface area contributed by atoms with E-state index in [1.807, 2.05) is 30.3 Å². The van der Waals surface area contributed by atoms with Crippen molar-refractivity contribution in [3.63, 3.8) is 0 Å². The number of fused-ring (bicyclic) bond motifs is 1. The molecule has 0 amide bonds. The lowest BCUT2D eigenvalue weighted by Gasteiger charge is -2.06. The lowest BCUT2D eigenvalue weighted by Crippen LogP contribution is -2.05. The fourth-order valence-electron chi connectivity index (χ4n) is 2.18. The highest BCUT2D eigenvalue weighted by Gasteiger charge is 2.09. The van der Waals surface area contributed by atoms with Gasteiger partial charge < -0.3 is 14.3 Å². The minimum atomic E-state index is -0.0730. The predicted molar refractivity (Wildman–Crippen MR) is 80.5 cm³/mol. The van der Waals surface area contributed by atoms with Crippen LogP contribution in [0.1, 0.15) is 0 Å². The van der Waals surface area contributed by atoms with Gasteiger partial charge in [0.1, 0.15) is 24.2 Å². The lowest BCUT2D eigenvalue weighted by molar-refractivity contribution is 0.201. The first-order chi connectivity index (χ1) is 10.3. The predicted octanol–water partition coefficient (Wildman–Crippen LogP) is 2.83. The summed E-state index contributed by atoms with van der Waals surface area (Å²) >= 11 is 0. The Balaban J connectivity index is 2.08. The Morgan fingerprint density at radius 2 is 1.90 bits per heavy atom. The number of hydrogen-bond acceptors (Lipinski definition) is 4. The van der Waals surface area contributed by atoms with Crippen molar-refractivity contribution in [2.45, 2.75) is 0 Å². The molecule has 4 heteroatoms. The second-order valence-electron chi connectivity index (χ2n) is 4.57. The van der Waals surface area contributed by atoms with Gasteiger partial charge in [-0.2, -0.15) is 0 Å².